The van der Waals surface area contributed by atoms with E-state index in [2.05, 4.69) is 230 Å². The maximum absolute atomic E-state index is 4.50. The van der Waals surface area contributed by atoms with Crippen LogP contribution in [0.15, 0.2) is 201 Å². The van der Waals surface area contributed by atoms with Crippen molar-refractivity contribution in [1.29, 1.82) is 0 Å². The van der Waals surface area contributed by atoms with Crippen LogP contribution in [0.1, 0.15) is 36.2 Å². The SMILES string of the molecule is C=C/C=C\c1c(C)n2c3cccc(-c4ccc5c(c4)C(C)(C)c4cc(N(c6ccc(-c7ccccc7)cc6)c6cccc(-c7ccccc7)c6)ccc4-5)c3c3cccc1c32.CN. The van der Waals surface area contributed by atoms with Crippen LogP contribution in [0, 0.1) is 6.92 Å². The summed E-state index contributed by atoms with van der Waals surface area (Å²) in [5, 5.41) is 3.88. The lowest BCUT2D eigenvalue weighted by atomic mass is 9.81. The molecular weight excluding hydrogens is 751 g/mol. The molecule has 10 aromatic rings. The molecule has 1 aliphatic rings. The molecule has 11 rings (SSSR count). The molecule has 1 aliphatic carbocycles. The smallest absolute Gasteiger partial charge is 0.0617 e. The van der Waals surface area contributed by atoms with Crippen molar-refractivity contribution in [2.45, 2.75) is 26.2 Å². The van der Waals surface area contributed by atoms with Crippen LogP contribution < -0.4 is 10.6 Å². The number of rotatable bonds is 8. The summed E-state index contributed by atoms with van der Waals surface area (Å²) in [6.45, 7) is 10.9. The summed E-state index contributed by atoms with van der Waals surface area (Å²) in [5.41, 5.74) is 25.3. The van der Waals surface area contributed by atoms with E-state index in [4.69, 9.17) is 0 Å². The monoisotopic (exact) mass is 799 g/mol. The van der Waals surface area contributed by atoms with Crippen LogP contribution in [0.3, 0.4) is 0 Å². The maximum atomic E-state index is 4.50. The van der Waals surface area contributed by atoms with E-state index in [9.17, 15) is 0 Å². The van der Waals surface area contributed by atoms with Crippen molar-refractivity contribution in [2.24, 2.45) is 5.73 Å². The maximum Gasteiger partial charge on any atom is 0.0617 e. The summed E-state index contributed by atoms with van der Waals surface area (Å²) < 4.78 is 2.46. The van der Waals surface area contributed by atoms with Gasteiger partial charge in [-0.1, -0.05) is 172 Å². The average molecular weight is 800 g/mol. The van der Waals surface area contributed by atoms with Gasteiger partial charge < -0.3 is 15.0 Å². The number of aromatic nitrogens is 1. The number of fused-ring (bicyclic) bond motifs is 6. The summed E-state index contributed by atoms with van der Waals surface area (Å²) in [5.74, 6) is 0. The van der Waals surface area contributed by atoms with E-state index in [0.29, 0.717) is 0 Å². The van der Waals surface area contributed by atoms with Crippen LogP contribution in [0.5, 0.6) is 0 Å². The molecule has 300 valence electrons. The molecule has 0 saturated carbocycles. The van der Waals surface area contributed by atoms with Crippen molar-refractivity contribution in [3.63, 3.8) is 0 Å². The van der Waals surface area contributed by atoms with Crippen molar-refractivity contribution in [3.05, 3.63) is 223 Å². The fraction of sp³-hybridized carbons (Fsp3) is 0.0847. The van der Waals surface area contributed by atoms with Crippen LogP contribution in [-0.4, -0.2) is 11.4 Å². The number of para-hydroxylation sites is 1. The quantitative estimate of drug-likeness (QED) is 0.155. The van der Waals surface area contributed by atoms with Crippen LogP contribution in [0.25, 0.3) is 77.8 Å². The van der Waals surface area contributed by atoms with Crippen LogP contribution in [0.2, 0.25) is 0 Å². The Morgan fingerprint density at radius 1 is 0.516 bits per heavy atom. The van der Waals surface area contributed by atoms with E-state index in [0.717, 1.165) is 17.1 Å². The highest BCUT2D eigenvalue weighted by Crippen LogP contribution is 2.52. The molecule has 2 heterocycles. The number of anilines is 3. The van der Waals surface area contributed by atoms with Gasteiger partial charge in [-0.2, -0.15) is 0 Å². The van der Waals surface area contributed by atoms with Crippen LogP contribution in [-0.2, 0) is 5.41 Å². The van der Waals surface area contributed by atoms with Crippen molar-refractivity contribution in [1.82, 2.24) is 4.40 Å². The minimum absolute atomic E-state index is 0.225. The summed E-state index contributed by atoms with van der Waals surface area (Å²) in [7, 11) is 1.50. The molecule has 0 amide bonds. The van der Waals surface area contributed by atoms with Crippen LogP contribution >= 0.6 is 0 Å². The van der Waals surface area contributed by atoms with Gasteiger partial charge >= 0.3 is 0 Å². The Morgan fingerprint density at radius 2 is 1.08 bits per heavy atom. The largest absolute Gasteiger partial charge is 0.333 e. The number of aryl methyl sites for hydroxylation is 1. The third-order valence-corrected chi connectivity index (χ3v) is 12.9. The van der Waals surface area contributed by atoms with Gasteiger partial charge in [0, 0.05) is 49.9 Å². The molecule has 0 spiro atoms. The van der Waals surface area contributed by atoms with E-state index < -0.39 is 0 Å². The first-order chi connectivity index (χ1) is 30.4. The third kappa shape index (κ3) is 6.16. The van der Waals surface area contributed by atoms with Gasteiger partial charge in [-0.3, -0.25) is 0 Å². The topological polar surface area (TPSA) is 33.7 Å². The van der Waals surface area contributed by atoms with Gasteiger partial charge in [0.05, 0.1) is 11.0 Å². The van der Waals surface area contributed by atoms with Crippen molar-refractivity contribution in [3.8, 4) is 44.5 Å². The first kappa shape index (κ1) is 38.7. The number of nitrogens with two attached hydrogens (primary N) is 1. The number of nitrogens with zero attached hydrogens (tertiary/aromatic N) is 2. The predicted octanol–water partition coefficient (Wildman–Crippen LogP) is 15.5. The zero-order valence-corrected chi connectivity index (χ0v) is 35.7. The molecular formula is C59H49N3. The summed E-state index contributed by atoms with van der Waals surface area (Å²) >= 11 is 0. The molecule has 8 aromatic carbocycles. The molecule has 0 saturated heterocycles. The molecule has 0 aliphatic heterocycles. The normalized spacial score (nSPS) is 12.7. The number of benzene rings is 8. The second kappa shape index (κ2) is 15.5. The molecule has 0 fully saturated rings. The summed E-state index contributed by atoms with van der Waals surface area (Å²) in [6.07, 6.45) is 6.08. The van der Waals surface area contributed by atoms with Gasteiger partial charge in [-0.15, -0.1) is 0 Å². The molecule has 0 unspecified atom stereocenters. The zero-order chi connectivity index (χ0) is 42.5. The minimum Gasteiger partial charge on any atom is -0.333 e. The van der Waals surface area contributed by atoms with E-state index in [1.807, 2.05) is 12.2 Å². The first-order valence-electron chi connectivity index (χ1n) is 21.5. The van der Waals surface area contributed by atoms with Crippen molar-refractivity contribution >= 4 is 50.3 Å². The Labute approximate surface area is 364 Å². The highest BCUT2D eigenvalue weighted by Gasteiger charge is 2.36. The van der Waals surface area contributed by atoms with Crippen LogP contribution in [0.4, 0.5) is 17.1 Å². The molecule has 3 nitrogen and oxygen atoms in total. The van der Waals surface area contributed by atoms with Gasteiger partial charge in [0.25, 0.3) is 0 Å². The lowest BCUT2D eigenvalue weighted by Crippen LogP contribution is -2.16. The molecule has 2 N–H and O–H groups in total. The van der Waals surface area contributed by atoms with Gasteiger partial charge in [0.1, 0.15) is 0 Å². The first-order valence-corrected chi connectivity index (χ1v) is 21.5. The van der Waals surface area contributed by atoms with Crippen molar-refractivity contribution < 1.29 is 0 Å². The molecule has 0 radical (unpaired) electrons. The van der Waals surface area contributed by atoms with E-state index in [1.54, 1.807) is 0 Å². The second-order valence-corrected chi connectivity index (χ2v) is 16.6. The Kier molecular flexibility index (Phi) is 9.70. The molecule has 62 heavy (non-hydrogen) atoms. The summed E-state index contributed by atoms with van der Waals surface area (Å²) in [6, 6.07) is 67.0. The van der Waals surface area contributed by atoms with Gasteiger partial charge in [0.15, 0.2) is 0 Å². The number of allylic oxidation sites excluding steroid dienone is 2. The third-order valence-electron chi connectivity index (χ3n) is 12.9. The predicted molar refractivity (Wildman–Crippen MR) is 266 cm³/mol. The summed E-state index contributed by atoms with van der Waals surface area (Å²) in [4.78, 5) is 2.41. The van der Waals surface area contributed by atoms with E-state index in [1.165, 1.54) is 101 Å². The second-order valence-electron chi connectivity index (χ2n) is 16.6. The highest BCUT2D eigenvalue weighted by molar-refractivity contribution is 6.21. The molecule has 2 aromatic heterocycles. The molecule has 3 heteroatoms. The van der Waals surface area contributed by atoms with Gasteiger partial charge in [0.2, 0.25) is 0 Å². The Bertz CT molecular complexity index is 3300. The number of hydrogen-bond donors (Lipinski definition) is 1. The number of hydrogen-bond acceptors (Lipinski definition) is 2. The minimum atomic E-state index is -0.225. The highest BCUT2D eigenvalue weighted by atomic mass is 15.1. The Morgan fingerprint density at radius 3 is 1.81 bits per heavy atom. The van der Waals surface area contributed by atoms with E-state index in [-0.39, 0.29) is 5.41 Å². The zero-order valence-electron chi connectivity index (χ0n) is 35.7. The Balaban J connectivity index is 0.00000226. The fourth-order valence-electron chi connectivity index (χ4n) is 9.98. The molecule has 0 bridgehead atoms. The van der Waals surface area contributed by atoms with Crippen molar-refractivity contribution in [2.75, 3.05) is 11.9 Å². The molecule has 0 atom stereocenters. The lowest BCUT2D eigenvalue weighted by molar-refractivity contribution is 0.660. The lowest BCUT2D eigenvalue weighted by Gasteiger charge is -2.28. The fourth-order valence-corrected chi connectivity index (χ4v) is 9.98. The van der Waals surface area contributed by atoms with Gasteiger partial charge in [-0.05, 0) is 118 Å². The average Bonchev–Trinajstić information content (AvgIpc) is 3.91. The Hall–Kier alpha value is -7.46. The standard InChI is InChI=1S/C58H44N2.CH5N/c1-5-6-22-47-38(2)59-55-26-15-23-48(56(55)52-25-14-24-51(47)57(52)59)43-29-33-49-50-34-32-46(37-54(50)58(3,4)53(49)36-43)60(44-30-27-41(28-31-44)39-16-9-7-10-17-39)45-21-13-20-42(35-45)40-18-11-8-12-19-40;1-2/h5-37H,1H2,2-4H3;2H2,1H3/b22-6-;. The van der Waals surface area contributed by atoms with E-state index >= 15 is 0 Å². The van der Waals surface area contributed by atoms with Gasteiger partial charge in [-0.25, -0.2) is 0 Å².